The minimum absolute atomic E-state index is 0.0878. The summed E-state index contributed by atoms with van der Waals surface area (Å²) in [5.41, 5.74) is 1.90. The van der Waals surface area contributed by atoms with Gasteiger partial charge in [-0.25, -0.2) is 0 Å². The van der Waals surface area contributed by atoms with Crippen molar-refractivity contribution in [3.8, 4) is 11.8 Å². The first-order chi connectivity index (χ1) is 13.0. The van der Waals surface area contributed by atoms with Crippen molar-refractivity contribution in [2.75, 3.05) is 25.5 Å². The Bertz CT molecular complexity index is 843. The molecular formula is C21H23N3O3. The minimum Gasteiger partial charge on any atom is -0.496 e. The summed E-state index contributed by atoms with van der Waals surface area (Å²) in [7, 11) is 1.62. The van der Waals surface area contributed by atoms with Crippen LogP contribution in [0.15, 0.2) is 48.5 Å². The van der Waals surface area contributed by atoms with E-state index >= 15 is 0 Å². The maximum absolute atomic E-state index is 12.2. The summed E-state index contributed by atoms with van der Waals surface area (Å²) in [6.07, 6.45) is 0.799. The highest BCUT2D eigenvalue weighted by atomic mass is 16.5. The van der Waals surface area contributed by atoms with Gasteiger partial charge >= 0.3 is 0 Å². The van der Waals surface area contributed by atoms with E-state index in [1.807, 2.05) is 30.3 Å². The van der Waals surface area contributed by atoms with Crippen LogP contribution in [-0.4, -0.2) is 36.9 Å². The smallest absolute Gasteiger partial charge is 0.226 e. The number of para-hydroxylation sites is 2. The van der Waals surface area contributed by atoms with Gasteiger partial charge < -0.3 is 15.0 Å². The van der Waals surface area contributed by atoms with Gasteiger partial charge in [-0.05, 0) is 30.2 Å². The lowest BCUT2D eigenvalue weighted by molar-refractivity contribution is -0.129. The molecule has 140 valence electrons. The molecule has 0 aromatic heterocycles. The fourth-order valence-electron chi connectivity index (χ4n) is 2.73. The lowest BCUT2D eigenvalue weighted by atomic mass is 10.1. The third-order valence-corrected chi connectivity index (χ3v) is 4.22. The Morgan fingerprint density at radius 1 is 1.11 bits per heavy atom. The molecule has 6 nitrogen and oxygen atoms in total. The Kier molecular flexibility index (Phi) is 7.38. The molecule has 2 aromatic rings. The molecule has 0 aliphatic carbocycles. The van der Waals surface area contributed by atoms with Crippen molar-refractivity contribution in [3.05, 3.63) is 59.7 Å². The van der Waals surface area contributed by atoms with Crippen LogP contribution in [0.1, 0.15) is 24.5 Å². The van der Waals surface area contributed by atoms with Crippen molar-refractivity contribution >= 4 is 17.5 Å². The standard InChI is InChI=1S/C21H23N3O3/c1-16(25)24(13-11-17-7-4-6-10-20(17)27-2)14-12-21(26)23-19-9-5-3-8-18(19)15-22/h3-10H,11-14H2,1-2H3,(H,23,26). The average Bonchev–Trinajstić information content (AvgIpc) is 2.68. The number of hydrogen-bond donors (Lipinski definition) is 1. The number of carbonyl (C=O) groups excluding carboxylic acids is 2. The number of methoxy groups -OCH3 is 1. The molecule has 6 heteroatoms. The number of benzene rings is 2. The summed E-state index contributed by atoms with van der Waals surface area (Å²) in [6.45, 7) is 2.30. The zero-order valence-corrected chi connectivity index (χ0v) is 15.6. The molecule has 0 heterocycles. The second-order valence-electron chi connectivity index (χ2n) is 6.02. The number of nitrogens with one attached hydrogen (secondary N) is 1. The number of ether oxygens (including phenoxy) is 1. The number of amides is 2. The molecule has 0 fully saturated rings. The summed E-state index contributed by atoms with van der Waals surface area (Å²) >= 11 is 0. The molecular weight excluding hydrogens is 342 g/mol. The molecule has 0 aliphatic heterocycles. The van der Waals surface area contributed by atoms with E-state index in [9.17, 15) is 9.59 Å². The topological polar surface area (TPSA) is 82.4 Å². The van der Waals surface area contributed by atoms with Gasteiger partial charge in [-0.3, -0.25) is 9.59 Å². The van der Waals surface area contributed by atoms with E-state index in [4.69, 9.17) is 10.00 Å². The summed E-state index contributed by atoms with van der Waals surface area (Å²) in [5, 5.41) is 11.8. The van der Waals surface area contributed by atoms with Gasteiger partial charge in [-0.1, -0.05) is 30.3 Å². The summed E-state index contributed by atoms with van der Waals surface area (Å²) < 4.78 is 5.33. The van der Waals surface area contributed by atoms with Gasteiger partial charge in [0, 0.05) is 26.4 Å². The molecule has 27 heavy (non-hydrogen) atoms. The van der Waals surface area contributed by atoms with Crippen LogP contribution >= 0.6 is 0 Å². The molecule has 0 saturated heterocycles. The number of hydrogen-bond acceptors (Lipinski definition) is 4. The van der Waals surface area contributed by atoms with Crippen LogP contribution in [0.3, 0.4) is 0 Å². The predicted octanol–water partition coefficient (Wildman–Crippen LogP) is 2.99. The monoisotopic (exact) mass is 365 g/mol. The van der Waals surface area contributed by atoms with Gasteiger partial charge in [0.1, 0.15) is 11.8 Å². The number of rotatable bonds is 8. The SMILES string of the molecule is COc1ccccc1CCN(CCC(=O)Nc1ccccc1C#N)C(C)=O. The van der Waals surface area contributed by atoms with E-state index in [-0.39, 0.29) is 18.2 Å². The van der Waals surface area contributed by atoms with Crippen LogP contribution in [0.2, 0.25) is 0 Å². The van der Waals surface area contributed by atoms with Gasteiger partial charge in [0.2, 0.25) is 11.8 Å². The van der Waals surface area contributed by atoms with E-state index < -0.39 is 0 Å². The highest BCUT2D eigenvalue weighted by molar-refractivity contribution is 5.92. The van der Waals surface area contributed by atoms with Crippen LogP contribution in [-0.2, 0) is 16.0 Å². The molecule has 0 saturated carbocycles. The third-order valence-electron chi connectivity index (χ3n) is 4.22. The van der Waals surface area contributed by atoms with Crippen molar-refractivity contribution in [1.29, 1.82) is 5.26 Å². The van der Waals surface area contributed by atoms with Gasteiger partial charge in [0.25, 0.3) is 0 Å². The van der Waals surface area contributed by atoms with Crippen molar-refractivity contribution < 1.29 is 14.3 Å². The number of carbonyl (C=O) groups is 2. The quantitative estimate of drug-likeness (QED) is 0.780. The molecule has 0 radical (unpaired) electrons. The van der Waals surface area contributed by atoms with E-state index in [1.165, 1.54) is 6.92 Å². The Labute approximate surface area is 159 Å². The van der Waals surface area contributed by atoms with Gasteiger partial charge in [-0.15, -0.1) is 0 Å². The second-order valence-corrected chi connectivity index (χ2v) is 6.02. The highest BCUT2D eigenvalue weighted by Gasteiger charge is 2.13. The molecule has 2 rings (SSSR count). The molecule has 2 amide bonds. The van der Waals surface area contributed by atoms with E-state index in [0.717, 1.165) is 11.3 Å². The highest BCUT2D eigenvalue weighted by Crippen LogP contribution is 2.18. The molecule has 1 N–H and O–H groups in total. The summed E-state index contributed by atoms with van der Waals surface area (Å²) in [4.78, 5) is 25.8. The van der Waals surface area contributed by atoms with Crippen LogP contribution in [0.4, 0.5) is 5.69 Å². The van der Waals surface area contributed by atoms with Crippen LogP contribution in [0.5, 0.6) is 5.75 Å². The normalized spacial score (nSPS) is 9.96. The number of nitriles is 1. The fraction of sp³-hybridized carbons (Fsp3) is 0.286. The molecule has 0 bridgehead atoms. The van der Waals surface area contributed by atoms with Crippen LogP contribution < -0.4 is 10.1 Å². The largest absolute Gasteiger partial charge is 0.496 e. The Morgan fingerprint density at radius 3 is 2.52 bits per heavy atom. The van der Waals surface area contributed by atoms with Crippen molar-refractivity contribution in [3.63, 3.8) is 0 Å². The molecule has 0 unspecified atom stereocenters. The lowest BCUT2D eigenvalue weighted by Gasteiger charge is -2.21. The summed E-state index contributed by atoms with van der Waals surface area (Å²) in [6, 6.07) is 16.5. The second kappa shape index (κ2) is 9.97. The van der Waals surface area contributed by atoms with E-state index in [1.54, 1.807) is 36.3 Å². The molecule has 0 atom stereocenters. The van der Waals surface area contributed by atoms with Gasteiger partial charge in [0.05, 0.1) is 18.4 Å². The fourth-order valence-corrected chi connectivity index (χ4v) is 2.73. The van der Waals surface area contributed by atoms with E-state index in [2.05, 4.69) is 5.32 Å². The first-order valence-corrected chi connectivity index (χ1v) is 8.71. The minimum atomic E-state index is -0.235. The lowest BCUT2D eigenvalue weighted by Crippen LogP contribution is -2.33. The van der Waals surface area contributed by atoms with Gasteiger partial charge in [-0.2, -0.15) is 5.26 Å². The Hall–Kier alpha value is -3.33. The van der Waals surface area contributed by atoms with Crippen molar-refractivity contribution in [2.45, 2.75) is 19.8 Å². The number of nitrogens with zero attached hydrogens (tertiary/aromatic N) is 2. The summed E-state index contributed by atoms with van der Waals surface area (Å²) in [5.74, 6) is 0.461. The maximum Gasteiger partial charge on any atom is 0.226 e. The molecule has 0 spiro atoms. The van der Waals surface area contributed by atoms with Crippen molar-refractivity contribution in [1.82, 2.24) is 4.90 Å². The molecule has 0 aliphatic rings. The van der Waals surface area contributed by atoms with Crippen LogP contribution in [0, 0.1) is 11.3 Å². The zero-order valence-electron chi connectivity index (χ0n) is 15.6. The molecule has 2 aromatic carbocycles. The third kappa shape index (κ3) is 5.86. The Morgan fingerprint density at radius 2 is 1.81 bits per heavy atom. The van der Waals surface area contributed by atoms with E-state index in [0.29, 0.717) is 30.8 Å². The van der Waals surface area contributed by atoms with Crippen molar-refractivity contribution in [2.24, 2.45) is 0 Å². The average molecular weight is 365 g/mol. The Balaban J connectivity index is 1.91. The van der Waals surface area contributed by atoms with Gasteiger partial charge in [0.15, 0.2) is 0 Å². The first kappa shape index (κ1) is 20.0. The first-order valence-electron chi connectivity index (χ1n) is 8.71. The van der Waals surface area contributed by atoms with Crippen LogP contribution in [0.25, 0.3) is 0 Å². The number of anilines is 1. The zero-order chi connectivity index (χ0) is 19.6. The maximum atomic E-state index is 12.2. The predicted molar refractivity (Wildman–Crippen MR) is 103 cm³/mol.